The van der Waals surface area contributed by atoms with Crippen LogP contribution < -0.4 is 31.6 Å². The SMILES string of the molecule is Cn1[nH]c2c(ncc(Nc3ccc(N4CCN(C(=O)c5cc(Cn6c(=O)[nH]c(=O)c7c(F)cccc76)ccc5F)CC4)cc3)[n+]2-c2cccnc2)c1=O. The van der Waals surface area contributed by atoms with Crippen molar-refractivity contribution in [1.29, 1.82) is 0 Å². The molecule has 0 spiro atoms. The van der Waals surface area contributed by atoms with Gasteiger partial charge in [-0.3, -0.25) is 34.2 Å². The smallest absolute Gasteiger partial charge is 0.329 e. The molecule has 0 saturated carbocycles. The summed E-state index contributed by atoms with van der Waals surface area (Å²) in [5.41, 5.74) is 1.79. The second-order valence-corrected chi connectivity index (χ2v) is 12.6. The van der Waals surface area contributed by atoms with Gasteiger partial charge in [-0.15, -0.1) is 0 Å². The van der Waals surface area contributed by atoms with Crippen LogP contribution in [0, 0.1) is 11.6 Å². The topological polar surface area (TPSA) is 158 Å². The van der Waals surface area contributed by atoms with E-state index >= 15 is 4.39 Å². The standard InChI is InChI=1S/C37H30F2N10O4/c1-45-36(52)32-33(44-45)49(25-4-3-13-40-19-25)30(20-41-32)42-23-8-10-24(11-9-23)46-14-16-47(17-15-46)35(51)26-18-22(7-12-27(26)38)21-48-29-6-2-5-28(39)31(29)34(50)43-37(48)53/h2-13,18-20H,14-17,21H2,1H3,(H2,42,43,44,50,52,53)/p+1. The minimum atomic E-state index is -0.839. The normalized spacial score (nSPS) is 13.2. The van der Waals surface area contributed by atoms with Crippen molar-refractivity contribution in [2.24, 2.45) is 7.05 Å². The number of hydrogen-bond acceptors (Lipinski definition) is 8. The van der Waals surface area contributed by atoms with Gasteiger partial charge in [0.2, 0.25) is 11.3 Å². The van der Waals surface area contributed by atoms with Gasteiger partial charge in [0.15, 0.2) is 0 Å². The summed E-state index contributed by atoms with van der Waals surface area (Å²) in [7, 11) is 1.63. The Hall–Kier alpha value is -6.97. The van der Waals surface area contributed by atoms with Gasteiger partial charge < -0.3 is 9.80 Å². The van der Waals surface area contributed by atoms with Gasteiger partial charge in [-0.05, 0) is 66.2 Å². The Kier molecular flexibility index (Phi) is 8.33. The second-order valence-electron chi connectivity index (χ2n) is 12.6. The average Bonchev–Trinajstić information content (AvgIpc) is 3.46. The molecule has 266 valence electrons. The van der Waals surface area contributed by atoms with Gasteiger partial charge in [0.05, 0.1) is 34.9 Å². The van der Waals surface area contributed by atoms with Crippen LogP contribution >= 0.6 is 0 Å². The van der Waals surface area contributed by atoms with Crippen molar-refractivity contribution in [3.8, 4) is 5.69 Å². The first-order chi connectivity index (χ1) is 25.7. The van der Waals surface area contributed by atoms with Gasteiger partial charge in [-0.25, -0.2) is 28.3 Å². The molecule has 3 N–H and O–H groups in total. The molecule has 1 aliphatic rings. The molecule has 53 heavy (non-hydrogen) atoms. The number of aromatic amines is 2. The molecular formula is C37H31F2N10O4+. The molecule has 4 aromatic heterocycles. The van der Waals surface area contributed by atoms with E-state index in [0.29, 0.717) is 48.7 Å². The van der Waals surface area contributed by atoms with Crippen molar-refractivity contribution in [1.82, 2.24) is 34.2 Å². The number of carbonyl (C=O) groups is 1. The molecule has 14 nitrogen and oxygen atoms in total. The fraction of sp³-hybridized carbons (Fsp3) is 0.162. The average molecular weight is 718 g/mol. The molecule has 1 fully saturated rings. The molecule has 0 atom stereocenters. The lowest BCUT2D eigenvalue weighted by Crippen LogP contribution is -2.49. The van der Waals surface area contributed by atoms with Crippen molar-refractivity contribution >= 4 is 45.2 Å². The summed E-state index contributed by atoms with van der Waals surface area (Å²) in [4.78, 5) is 65.6. The van der Waals surface area contributed by atoms with E-state index in [-0.39, 0.29) is 28.6 Å². The van der Waals surface area contributed by atoms with Gasteiger partial charge in [0.25, 0.3) is 17.1 Å². The fourth-order valence-corrected chi connectivity index (χ4v) is 6.66. The monoisotopic (exact) mass is 717 g/mol. The number of fused-ring (bicyclic) bond motifs is 2. The highest BCUT2D eigenvalue weighted by atomic mass is 19.1. The number of piperazine rings is 1. The quantitative estimate of drug-likeness (QED) is 0.213. The lowest BCUT2D eigenvalue weighted by molar-refractivity contribution is -0.554. The Balaban J connectivity index is 0.961. The van der Waals surface area contributed by atoms with Crippen LogP contribution in [0.1, 0.15) is 15.9 Å². The third kappa shape index (κ3) is 6.09. The van der Waals surface area contributed by atoms with E-state index in [2.05, 4.69) is 30.3 Å². The molecular weight excluding hydrogens is 686 g/mol. The number of anilines is 3. The molecule has 0 bridgehead atoms. The van der Waals surface area contributed by atoms with Crippen molar-refractivity contribution in [2.45, 2.75) is 6.54 Å². The summed E-state index contributed by atoms with van der Waals surface area (Å²) in [6, 6.07) is 19.4. The molecule has 1 aliphatic heterocycles. The molecule has 8 rings (SSSR count). The van der Waals surface area contributed by atoms with Crippen LogP contribution in [0.15, 0.2) is 106 Å². The second kappa shape index (κ2) is 13.3. The number of amides is 1. The molecule has 0 unspecified atom stereocenters. The lowest BCUT2D eigenvalue weighted by Gasteiger charge is -2.36. The van der Waals surface area contributed by atoms with Crippen LogP contribution in [-0.4, -0.2) is 66.3 Å². The first-order valence-electron chi connectivity index (χ1n) is 16.7. The van der Waals surface area contributed by atoms with E-state index in [1.165, 1.54) is 39.6 Å². The summed E-state index contributed by atoms with van der Waals surface area (Å²) < 4.78 is 33.9. The zero-order valence-corrected chi connectivity index (χ0v) is 28.2. The van der Waals surface area contributed by atoms with Gasteiger partial charge in [0.1, 0.15) is 23.5 Å². The summed E-state index contributed by atoms with van der Waals surface area (Å²) in [6.07, 6.45) is 4.96. The van der Waals surface area contributed by atoms with Gasteiger partial charge >= 0.3 is 11.2 Å². The van der Waals surface area contributed by atoms with E-state index in [9.17, 15) is 23.6 Å². The summed E-state index contributed by atoms with van der Waals surface area (Å²) in [6.45, 7) is 1.59. The first kappa shape index (κ1) is 33.2. The summed E-state index contributed by atoms with van der Waals surface area (Å²) >= 11 is 0. The maximum atomic E-state index is 15.1. The Morgan fingerprint density at radius 1 is 0.925 bits per heavy atom. The molecule has 3 aromatic carbocycles. The third-order valence-electron chi connectivity index (χ3n) is 9.34. The number of nitrogens with zero attached hydrogens (tertiary/aromatic N) is 7. The van der Waals surface area contributed by atoms with Crippen molar-refractivity contribution in [3.05, 3.63) is 145 Å². The minimum Gasteiger partial charge on any atom is -0.368 e. The number of hydrogen-bond donors (Lipinski definition) is 3. The molecule has 0 radical (unpaired) electrons. The lowest BCUT2D eigenvalue weighted by atomic mass is 10.1. The Labute approximate surface area is 298 Å². The zero-order chi connectivity index (χ0) is 36.8. The molecule has 16 heteroatoms. The molecule has 1 amide bonds. The van der Waals surface area contributed by atoms with Crippen LogP contribution in [0.5, 0.6) is 0 Å². The highest BCUT2D eigenvalue weighted by molar-refractivity contribution is 5.95. The van der Waals surface area contributed by atoms with Crippen LogP contribution in [0.25, 0.3) is 27.8 Å². The van der Waals surface area contributed by atoms with Gasteiger partial charge in [-0.2, -0.15) is 4.57 Å². The maximum absolute atomic E-state index is 15.1. The van der Waals surface area contributed by atoms with Crippen molar-refractivity contribution < 1.29 is 18.1 Å². The molecule has 5 heterocycles. The minimum absolute atomic E-state index is 0.0903. The number of nitrogens with one attached hydrogen (secondary N) is 3. The predicted molar refractivity (Wildman–Crippen MR) is 193 cm³/mol. The number of pyridine rings is 1. The van der Waals surface area contributed by atoms with Gasteiger partial charge in [0, 0.05) is 45.1 Å². The molecule has 7 aromatic rings. The number of halogens is 2. The van der Waals surface area contributed by atoms with Crippen LogP contribution in [0.4, 0.5) is 26.0 Å². The Morgan fingerprint density at radius 3 is 2.47 bits per heavy atom. The van der Waals surface area contributed by atoms with E-state index < -0.39 is 28.8 Å². The van der Waals surface area contributed by atoms with Gasteiger partial charge in [-0.1, -0.05) is 12.1 Å². The van der Waals surface area contributed by atoms with Crippen LogP contribution in [0.2, 0.25) is 0 Å². The highest BCUT2D eigenvalue weighted by Gasteiger charge is 2.26. The van der Waals surface area contributed by atoms with Crippen molar-refractivity contribution in [3.63, 3.8) is 0 Å². The van der Waals surface area contributed by atoms with Crippen LogP contribution in [-0.2, 0) is 13.6 Å². The van der Waals surface area contributed by atoms with E-state index in [1.54, 1.807) is 36.6 Å². The van der Waals surface area contributed by atoms with E-state index in [1.807, 2.05) is 34.9 Å². The van der Waals surface area contributed by atoms with E-state index in [0.717, 1.165) is 23.1 Å². The first-order valence-corrected chi connectivity index (χ1v) is 16.7. The number of aromatic nitrogens is 7. The zero-order valence-electron chi connectivity index (χ0n) is 28.2. The number of rotatable bonds is 7. The van der Waals surface area contributed by atoms with Crippen molar-refractivity contribution in [2.75, 3.05) is 36.4 Å². The fourth-order valence-electron chi connectivity index (χ4n) is 6.66. The summed E-state index contributed by atoms with van der Waals surface area (Å²) in [5, 5.41) is 6.19. The maximum Gasteiger partial charge on any atom is 0.329 e. The predicted octanol–water partition coefficient (Wildman–Crippen LogP) is 2.97. The van der Waals surface area contributed by atoms with E-state index in [4.69, 9.17) is 0 Å². The van der Waals surface area contributed by atoms with Crippen LogP contribution in [0.3, 0.4) is 0 Å². The Morgan fingerprint density at radius 2 is 1.72 bits per heavy atom. The number of benzene rings is 3. The molecule has 1 saturated heterocycles. The summed E-state index contributed by atoms with van der Waals surface area (Å²) in [5.74, 6) is -1.35. The Bertz CT molecular complexity index is 2720. The molecule has 0 aliphatic carbocycles. The third-order valence-corrected chi connectivity index (χ3v) is 9.34. The largest absolute Gasteiger partial charge is 0.368 e. The number of carbonyl (C=O) groups excluding carboxylic acids is 1. The number of aryl methyl sites for hydroxylation is 1. The number of H-pyrrole nitrogens is 2. The highest BCUT2D eigenvalue weighted by Crippen LogP contribution is 2.24.